The fourth-order valence-electron chi connectivity index (χ4n) is 1.08. The van der Waals surface area contributed by atoms with Crippen molar-refractivity contribution in [2.45, 2.75) is 26.4 Å². The van der Waals surface area contributed by atoms with E-state index < -0.39 is 22.2 Å². The molecule has 0 atom stereocenters. The average molecular weight is 225 g/mol. The number of aliphatic hydroxyl groups is 2. The van der Waals surface area contributed by atoms with Gasteiger partial charge in [0.1, 0.15) is 0 Å². The summed E-state index contributed by atoms with van der Waals surface area (Å²) in [5.41, 5.74) is -1.06. The van der Waals surface area contributed by atoms with Crippen LogP contribution in [0.2, 0.25) is 0 Å². The lowest BCUT2D eigenvalue weighted by atomic mass is 10.1. The van der Waals surface area contributed by atoms with Gasteiger partial charge in [-0.25, -0.2) is 8.42 Å². The van der Waals surface area contributed by atoms with Gasteiger partial charge in [0.2, 0.25) is 10.0 Å². The lowest BCUT2D eigenvalue weighted by molar-refractivity contribution is 0.0600. The number of aliphatic hydroxyl groups excluding tert-OH is 1. The number of rotatable bonds is 6. The second kappa shape index (κ2) is 5.06. The van der Waals surface area contributed by atoms with E-state index in [4.69, 9.17) is 5.11 Å². The van der Waals surface area contributed by atoms with Gasteiger partial charge in [-0.05, 0) is 13.8 Å². The lowest BCUT2D eigenvalue weighted by Crippen LogP contribution is -2.43. The zero-order valence-corrected chi connectivity index (χ0v) is 9.71. The fourth-order valence-corrected chi connectivity index (χ4v) is 2.48. The molecule has 0 amide bonds. The average Bonchev–Trinajstić information content (AvgIpc) is 1.98. The van der Waals surface area contributed by atoms with E-state index in [9.17, 15) is 13.5 Å². The first-order chi connectivity index (χ1) is 6.23. The summed E-state index contributed by atoms with van der Waals surface area (Å²) >= 11 is 0. The van der Waals surface area contributed by atoms with Crippen LogP contribution in [0, 0.1) is 0 Å². The Labute approximate surface area is 85.4 Å². The molecule has 0 fully saturated rings. The van der Waals surface area contributed by atoms with Crippen molar-refractivity contribution >= 4 is 10.0 Å². The van der Waals surface area contributed by atoms with Crippen LogP contribution in [-0.4, -0.2) is 54.0 Å². The molecule has 86 valence electrons. The summed E-state index contributed by atoms with van der Waals surface area (Å²) in [7, 11) is -3.43. The topological polar surface area (TPSA) is 77.8 Å². The zero-order chi connectivity index (χ0) is 11.4. The van der Waals surface area contributed by atoms with Gasteiger partial charge < -0.3 is 10.2 Å². The van der Waals surface area contributed by atoms with Crippen LogP contribution in [0.3, 0.4) is 0 Å². The first-order valence-electron chi connectivity index (χ1n) is 4.54. The van der Waals surface area contributed by atoms with Crippen LogP contribution in [0.25, 0.3) is 0 Å². The van der Waals surface area contributed by atoms with E-state index in [0.717, 1.165) is 0 Å². The van der Waals surface area contributed by atoms with E-state index >= 15 is 0 Å². The number of hydrogen-bond donors (Lipinski definition) is 2. The summed E-state index contributed by atoms with van der Waals surface area (Å²) in [5, 5.41) is 18.1. The third-order valence-corrected chi connectivity index (χ3v) is 3.53. The maximum absolute atomic E-state index is 11.5. The molecule has 0 aromatic carbocycles. The first-order valence-corrected chi connectivity index (χ1v) is 6.15. The zero-order valence-electron chi connectivity index (χ0n) is 8.89. The van der Waals surface area contributed by atoms with Crippen molar-refractivity contribution in [2.75, 3.05) is 25.4 Å². The van der Waals surface area contributed by atoms with Gasteiger partial charge >= 0.3 is 0 Å². The smallest absolute Gasteiger partial charge is 0.216 e. The molecule has 5 nitrogen and oxygen atoms in total. The van der Waals surface area contributed by atoms with Crippen LogP contribution in [0.5, 0.6) is 0 Å². The van der Waals surface area contributed by atoms with Crippen molar-refractivity contribution in [3.63, 3.8) is 0 Å². The van der Waals surface area contributed by atoms with Crippen LogP contribution in [0.15, 0.2) is 0 Å². The quantitative estimate of drug-likeness (QED) is 0.633. The Balaban J connectivity index is 4.57. The van der Waals surface area contributed by atoms with Crippen molar-refractivity contribution in [1.29, 1.82) is 0 Å². The molecule has 0 aromatic heterocycles. The molecule has 0 saturated carbocycles. The normalized spacial score (nSPS) is 13.6. The molecule has 0 saturated heterocycles. The van der Waals surface area contributed by atoms with E-state index in [0.29, 0.717) is 6.54 Å². The SMILES string of the molecule is CCN(CC(C)(C)O)S(=O)(=O)CCO. The molecule has 0 aliphatic carbocycles. The number of hydrogen-bond acceptors (Lipinski definition) is 4. The number of likely N-dealkylation sites (N-methyl/N-ethyl adjacent to an activating group) is 1. The third kappa shape index (κ3) is 4.90. The van der Waals surface area contributed by atoms with E-state index in [-0.39, 0.29) is 12.3 Å². The van der Waals surface area contributed by atoms with E-state index in [2.05, 4.69) is 0 Å². The third-order valence-electron chi connectivity index (χ3n) is 1.66. The molecule has 0 unspecified atom stereocenters. The van der Waals surface area contributed by atoms with Crippen LogP contribution in [0.4, 0.5) is 0 Å². The van der Waals surface area contributed by atoms with Gasteiger partial charge in [0.25, 0.3) is 0 Å². The van der Waals surface area contributed by atoms with Gasteiger partial charge in [0, 0.05) is 13.1 Å². The van der Waals surface area contributed by atoms with E-state index in [1.165, 1.54) is 4.31 Å². The van der Waals surface area contributed by atoms with E-state index in [1.54, 1.807) is 20.8 Å². The summed E-state index contributed by atoms with van der Waals surface area (Å²) < 4.78 is 24.2. The van der Waals surface area contributed by atoms with Crippen LogP contribution in [-0.2, 0) is 10.0 Å². The molecule has 2 N–H and O–H groups in total. The molecule has 0 aliphatic heterocycles. The Hall–Kier alpha value is -0.170. The van der Waals surface area contributed by atoms with Gasteiger partial charge in [0.15, 0.2) is 0 Å². The predicted molar refractivity (Wildman–Crippen MR) is 54.4 cm³/mol. The highest BCUT2D eigenvalue weighted by molar-refractivity contribution is 7.89. The summed E-state index contributed by atoms with van der Waals surface area (Å²) in [6.45, 7) is 4.73. The van der Waals surface area contributed by atoms with Gasteiger partial charge in [0.05, 0.1) is 18.0 Å². The minimum absolute atomic E-state index is 0.0475. The molecule has 0 aliphatic rings. The maximum atomic E-state index is 11.5. The Morgan fingerprint density at radius 3 is 2.14 bits per heavy atom. The molecule has 14 heavy (non-hydrogen) atoms. The van der Waals surface area contributed by atoms with Crippen LogP contribution < -0.4 is 0 Å². The van der Waals surface area contributed by atoms with Crippen LogP contribution >= 0.6 is 0 Å². The molecule has 0 rings (SSSR count). The molecule has 0 spiro atoms. The molecule has 0 aromatic rings. The molecule has 0 bridgehead atoms. The first kappa shape index (κ1) is 13.8. The van der Waals surface area contributed by atoms with E-state index in [1.807, 2.05) is 0 Å². The summed E-state index contributed by atoms with van der Waals surface area (Å²) in [4.78, 5) is 0. The Bertz CT molecular complexity index is 255. The minimum Gasteiger partial charge on any atom is -0.395 e. The van der Waals surface area contributed by atoms with Gasteiger partial charge in [-0.1, -0.05) is 6.92 Å². The number of nitrogens with zero attached hydrogens (tertiary/aromatic N) is 1. The molecule has 0 radical (unpaired) electrons. The standard InChI is InChI=1S/C8H19NO4S/c1-4-9(7-8(2,3)11)14(12,13)6-5-10/h10-11H,4-7H2,1-3H3. The van der Waals surface area contributed by atoms with Crippen LogP contribution in [0.1, 0.15) is 20.8 Å². The molecular weight excluding hydrogens is 206 g/mol. The Morgan fingerprint density at radius 2 is 1.86 bits per heavy atom. The summed E-state index contributed by atoms with van der Waals surface area (Å²) in [6, 6.07) is 0. The predicted octanol–water partition coefficient (Wildman–Crippen LogP) is -0.599. The van der Waals surface area contributed by atoms with Crippen molar-refractivity contribution < 1.29 is 18.6 Å². The van der Waals surface area contributed by atoms with Gasteiger partial charge in [-0.3, -0.25) is 0 Å². The van der Waals surface area contributed by atoms with Crippen molar-refractivity contribution in [3.05, 3.63) is 0 Å². The van der Waals surface area contributed by atoms with Gasteiger partial charge in [-0.15, -0.1) is 0 Å². The largest absolute Gasteiger partial charge is 0.395 e. The minimum atomic E-state index is -3.43. The monoisotopic (exact) mass is 225 g/mol. The Morgan fingerprint density at radius 1 is 1.36 bits per heavy atom. The highest BCUT2D eigenvalue weighted by Gasteiger charge is 2.25. The highest BCUT2D eigenvalue weighted by Crippen LogP contribution is 2.09. The second-order valence-corrected chi connectivity index (χ2v) is 5.87. The van der Waals surface area contributed by atoms with Gasteiger partial charge in [-0.2, -0.15) is 4.31 Å². The summed E-state index contributed by atoms with van der Waals surface area (Å²) in [5.74, 6) is -0.295. The summed E-state index contributed by atoms with van der Waals surface area (Å²) in [6.07, 6.45) is 0. The highest BCUT2D eigenvalue weighted by atomic mass is 32.2. The second-order valence-electron chi connectivity index (χ2n) is 3.78. The molecule has 6 heteroatoms. The van der Waals surface area contributed by atoms with Crippen molar-refractivity contribution in [3.8, 4) is 0 Å². The maximum Gasteiger partial charge on any atom is 0.216 e. The van der Waals surface area contributed by atoms with Crippen molar-refractivity contribution in [1.82, 2.24) is 4.31 Å². The lowest BCUT2D eigenvalue weighted by Gasteiger charge is -2.27. The molecule has 0 heterocycles. The number of sulfonamides is 1. The molecular formula is C8H19NO4S. The fraction of sp³-hybridized carbons (Fsp3) is 1.00. The Kier molecular flexibility index (Phi) is 5.00. The van der Waals surface area contributed by atoms with Crippen molar-refractivity contribution in [2.24, 2.45) is 0 Å².